The van der Waals surface area contributed by atoms with E-state index in [-0.39, 0.29) is 182 Å². The van der Waals surface area contributed by atoms with E-state index in [1.807, 2.05) is 0 Å². The molecule has 0 aliphatic carbocycles. The maximum Gasteiger partial charge on any atom is 1.00 e. The van der Waals surface area contributed by atoms with E-state index in [9.17, 15) is 120 Å². The zero-order chi connectivity index (χ0) is 102. The molecular formula is C76H104ClF12N6NaO31P4S3. The van der Waals surface area contributed by atoms with Gasteiger partial charge in [-0.05, 0) is 186 Å². The van der Waals surface area contributed by atoms with Crippen LogP contribution in [0.1, 0.15) is 115 Å². The van der Waals surface area contributed by atoms with Crippen LogP contribution in [0.25, 0.3) is 22.7 Å². The van der Waals surface area contributed by atoms with Crippen molar-refractivity contribution in [2.45, 2.75) is 117 Å². The zero-order valence-corrected chi connectivity index (χ0v) is 83.1. The van der Waals surface area contributed by atoms with E-state index in [1.54, 1.807) is 97.0 Å². The van der Waals surface area contributed by atoms with Gasteiger partial charge in [-0.2, -0.15) is 73.3 Å². The number of primary sulfonamides is 2. The average molecular weight is 2100 g/mol. The molecule has 1 heterocycles. The summed E-state index contributed by atoms with van der Waals surface area (Å²) < 4.78 is 325. The first-order valence-corrected chi connectivity index (χ1v) is 49.3. The maximum absolute atomic E-state index is 13.5. The number of benzene rings is 6. The molecule has 0 fully saturated rings. The van der Waals surface area contributed by atoms with Crippen LogP contribution in [0.3, 0.4) is 0 Å². The molecule has 6 aromatic carbocycles. The predicted octanol–water partition coefficient (Wildman–Crippen LogP) is 13.4. The molecule has 0 amide bonds. The topological polar surface area (TPSA) is 551 Å². The molecule has 1 aromatic heterocycles. The summed E-state index contributed by atoms with van der Waals surface area (Å²) in [6, 6.07) is 36.0. The van der Waals surface area contributed by atoms with Crippen LogP contribution in [0.5, 0.6) is 23.0 Å². The molecule has 58 heteroatoms. The van der Waals surface area contributed by atoms with Gasteiger partial charge >= 0.3 is 100 Å². The number of ether oxygens (including phenoxy) is 4. The van der Waals surface area contributed by atoms with Crippen LogP contribution in [-0.4, -0.2) is 190 Å². The number of phenolic OH excluding ortho intramolecular Hbond substituents is 1. The van der Waals surface area contributed by atoms with Crippen LogP contribution in [0, 0.1) is 0 Å². The number of alkyl halides is 12. The van der Waals surface area contributed by atoms with Crippen molar-refractivity contribution in [2.24, 2.45) is 16.1 Å². The Morgan fingerprint density at radius 3 is 1.13 bits per heavy atom. The Morgan fingerprint density at radius 2 is 0.821 bits per heavy atom. The summed E-state index contributed by atoms with van der Waals surface area (Å²) in [6.07, 6.45) is -16.9. The largest absolute Gasteiger partial charge is 1.00 e. The first-order chi connectivity index (χ1) is 61.2. The molecule has 0 spiro atoms. The molecular weight excluding hydrogens is 2000 g/mol. The summed E-state index contributed by atoms with van der Waals surface area (Å²) in [5, 5.41) is 48.0. The summed E-state index contributed by atoms with van der Waals surface area (Å²) in [5.41, 5.74) is -2.17. The second kappa shape index (κ2) is 64.4. The number of nitrogen functional groups attached to an aromatic ring is 1. The van der Waals surface area contributed by atoms with Crippen LogP contribution < -0.4 is 70.4 Å². The van der Waals surface area contributed by atoms with Crippen molar-refractivity contribution in [2.75, 3.05) is 104 Å². The Morgan fingerprint density at radius 1 is 0.485 bits per heavy atom. The normalized spacial score (nSPS) is 11.7. The molecule has 0 bridgehead atoms. The molecule has 0 unspecified atom stereocenters. The summed E-state index contributed by atoms with van der Waals surface area (Å²) in [4.78, 5) is 42.4. The number of sulfonamides is 2. The molecule has 0 aliphatic rings. The molecule has 754 valence electrons. The molecule has 0 aliphatic heterocycles. The van der Waals surface area contributed by atoms with Gasteiger partial charge in [-0.3, -0.25) is 42.7 Å². The number of rotatable bonds is 38. The third-order valence-corrected chi connectivity index (χ3v) is 24.0. The van der Waals surface area contributed by atoms with Crippen LogP contribution in [-0.2, 0) is 109 Å². The summed E-state index contributed by atoms with van der Waals surface area (Å²) in [6.45, 7) is 19.7. The van der Waals surface area contributed by atoms with Gasteiger partial charge in [0.1, 0.15) is 28.8 Å². The van der Waals surface area contributed by atoms with Crippen molar-refractivity contribution in [1.82, 2.24) is 9.78 Å². The summed E-state index contributed by atoms with van der Waals surface area (Å²) >= 11 is 0. The molecule has 134 heavy (non-hydrogen) atoms. The summed E-state index contributed by atoms with van der Waals surface area (Å²) in [7, 11) is -26.8. The number of ketones is 3. The van der Waals surface area contributed by atoms with Gasteiger partial charge in [0.25, 0.3) is 5.78 Å². The minimum atomic E-state index is -5.80. The van der Waals surface area contributed by atoms with Crippen LogP contribution >= 0.6 is 42.8 Å². The molecule has 10 N–H and O–H groups in total. The fourth-order valence-electron chi connectivity index (χ4n) is 8.64. The minimum absolute atomic E-state index is 0. The predicted molar refractivity (Wildman–Crippen MR) is 463 cm³/mol. The van der Waals surface area contributed by atoms with E-state index in [2.05, 4.69) is 28.5 Å². The van der Waals surface area contributed by atoms with Gasteiger partial charge in [0.15, 0.2) is 42.7 Å². The van der Waals surface area contributed by atoms with Crippen molar-refractivity contribution in [3.63, 3.8) is 0 Å². The smallest absolute Gasteiger partial charge is 0.857 e. The van der Waals surface area contributed by atoms with Crippen LogP contribution in [0.4, 0.5) is 58.4 Å². The Bertz CT molecular complexity index is 5260. The molecule has 0 atom stereocenters. The van der Waals surface area contributed by atoms with Crippen molar-refractivity contribution >= 4 is 108 Å². The number of hydrogen-bond donors (Lipinski definition) is 7. The number of Topliss-reactive ketones (excluding diaryl/α,β-unsaturated/α-hetero) is 2. The van der Waals surface area contributed by atoms with Crippen molar-refractivity contribution < 1.29 is 225 Å². The third kappa shape index (κ3) is 52.7. The fraction of sp³-hybridized carbons (Fsp3) is 0.408. The Kier molecular flexibility index (Phi) is 63.7. The maximum atomic E-state index is 13.5. The number of aliphatic hydroxyl groups excluding tert-OH is 2. The number of esters is 1. The average Bonchev–Trinajstić information content (AvgIpc) is 1.63. The molecule has 0 radical (unpaired) electrons. The number of nitrogens with zero attached hydrogens (tertiary/aromatic N) is 2. The number of allylic oxidation sites excluding steroid dienone is 1. The number of aromatic nitrogens is 2. The number of aromatic hydroxyl groups is 1. The number of hydrogen-bond acceptors (Lipinski definition) is 34. The molecule has 0 saturated heterocycles. The van der Waals surface area contributed by atoms with E-state index in [1.165, 1.54) is 132 Å². The van der Waals surface area contributed by atoms with Crippen molar-refractivity contribution in [3.05, 3.63) is 180 Å². The number of hydrazine groups is 1. The van der Waals surface area contributed by atoms with E-state index in [0.717, 1.165) is 17.9 Å². The van der Waals surface area contributed by atoms with Gasteiger partial charge in [0, 0.05) is 40.6 Å². The molecule has 7 rings (SSSR count). The SMILES string of the molecule is CC(=O)c1cccc(O)c1.CCO.CCOC(=O)C(F)(F)F.CCOP(=O)(COS(=O)(=O)C(F)(F)F)OCC.CCOP(=O)(COc1cccc(-c2cc(C(F)(F)F)nn2-c2ccc(S(N)(=O)=O)cc2)c1)OCC.CCOP(=O)(COc1cccc(C(C)=O)c1)OCC.CCOP(=O)(COc1cccc(C(O)=CC(=O)C(F)(F)F)c1)OCC.C[O-].Cl.NNc1ccc(S(N)(=O)=O)cc1.[Na+]. The van der Waals surface area contributed by atoms with Crippen molar-refractivity contribution in [3.8, 4) is 39.9 Å². The number of aliphatic hydroxyl groups is 2. The van der Waals surface area contributed by atoms with Crippen LogP contribution in [0.15, 0.2) is 168 Å². The second-order valence-corrected chi connectivity index (χ2v) is 36.7. The Labute approximate surface area is 794 Å². The van der Waals surface area contributed by atoms with Crippen molar-refractivity contribution in [1.29, 1.82) is 0 Å². The van der Waals surface area contributed by atoms with Gasteiger partial charge < -0.3 is 81.0 Å². The van der Waals surface area contributed by atoms with Gasteiger partial charge in [0.05, 0.1) is 80.6 Å². The number of carbonyl (C=O) groups is 4. The number of nitrogens with two attached hydrogens (primary N) is 3. The van der Waals surface area contributed by atoms with Gasteiger partial charge in [-0.1, -0.05) is 48.5 Å². The number of phenols is 1. The number of anilines is 1. The van der Waals surface area contributed by atoms with E-state index >= 15 is 0 Å². The van der Waals surface area contributed by atoms with E-state index < -0.39 is 120 Å². The fourth-order valence-corrected chi connectivity index (χ4v) is 15.8. The minimum Gasteiger partial charge on any atom is -0.857 e. The summed E-state index contributed by atoms with van der Waals surface area (Å²) in [5.74, 6) is 0.724. The number of carbonyl (C=O) groups excluding carboxylic acids is 4. The van der Waals surface area contributed by atoms with Gasteiger partial charge in [-0.15, -0.1) is 12.4 Å². The third-order valence-electron chi connectivity index (χ3n) is 14.0. The Balaban J connectivity index is -0.000000761. The first-order valence-electron chi connectivity index (χ1n) is 37.8. The quantitative estimate of drug-likeness (QED) is 0.00161. The number of halogens is 13. The monoisotopic (exact) mass is 2100 g/mol. The number of nitrogens with one attached hydrogen (secondary N) is 1. The van der Waals surface area contributed by atoms with Gasteiger partial charge in [0.2, 0.25) is 20.0 Å². The molecule has 7 aromatic rings. The molecule has 0 saturated carbocycles. The second-order valence-electron chi connectivity index (χ2n) is 24.0. The van der Waals surface area contributed by atoms with E-state index in [4.69, 9.17) is 72.8 Å². The van der Waals surface area contributed by atoms with Crippen LogP contribution in [0.2, 0.25) is 0 Å². The molecule has 37 nitrogen and oxygen atoms in total. The zero-order valence-electron chi connectivity index (χ0n) is 74.3. The van der Waals surface area contributed by atoms with E-state index in [0.29, 0.717) is 28.1 Å². The van der Waals surface area contributed by atoms with Gasteiger partial charge in [-0.25, -0.2) is 36.6 Å². The standard InChI is InChI=1S/C21H23F3N3O6PS.C15H18F3O6P.C13H19O5P.C8H8O2.C6H12F3O6PS.C6H9N3O2S.C4H5F3O2.C2H6O.CH3O.ClH.Na/c1-3-32-34(28,33-4-2)14-31-17-7-5-6-15(12-17)19-13-20(21(22,23)24)26-27(19)16-8-10-18(11-9-16)35(25,29)30;1-3-23-25(21,24-4-2)10-22-12-7-5-6-11(8-12)13(19)9-14(20)15(16,17)18;1-4-17-19(15,18-5-2)10-16-13-8-6-7-12(9-13)11(3)14;1-6(9)7-3-2-4-8(10)5-7;1-3-13-16(10,14-4-2)5-15-17(11,12)6(7,8)9;7-9-5-1-3-6(4-2-5)12(8,10)11;1-2-9-3(8)4(5,6)7;1-2-3;1-2;;/h5-13H,3-4,14H2,1-2H3,(H2,25,29,30);5-9,19H,3-4,10H2,1-2H3;6-9H,4-5,10H2,1-3H3;2-5,10H,1H3;3-5H2,1-2H3;1-4,9H,7H2,(H2,8,10,11);2H2,1H3;3H,2H2,1H3;1H3;1H;/q;;;;;;;;-1;;+1. The Hall–Kier alpha value is -7.79. The first kappa shape index (κ1) is 132.